The number of nitrogens with zero attached hydrogens (tertiary/aromatic N) is 4. The lowest BCUT2D eigenvalue weighted by Gasteiger charge is -2.39. The maximum atomic E-state index is 12.8. The van der Waals surface area contributed by atoms with E-state index in [2.05, 4.69) is 28.4 Å². The lowest BCUT2D eigenvalue weighted by atomic mass is 9.95. The van der Waals surface area contributed by atoms with Crippen LogP contribution in [0.2, 0.25) is 0 Å². The third kappa shape index (κ3) is 4.73. The van der Waals surface area contributed by atoms with Crippen LogP contribution in [0.25, 0.3) is 22.3 Å². The van der Waals surface area contributed by atoms with E-state index in [0.29, 0.717) is 24.2 Å². The smallest absolute Gasteiger partial charge is 0.410 e. The monoisotopic (exact) mass is 516 g/mol. The molecule has 0 radical (unpaired) electrons. The fraction of sp³-hybridized carbons (Fsp3) is 0.448. The van der Waals surface area contributed by atoms with Gasteiger partial charge in [-0.25, -0.2) is 4.79 Å². The van der Waals surface area contributed by atoms with Gasteiger partial charge in [0.15, 0.2) is 0 Å². The molecule has 2 bridgehead atoms. The summed E-state index contributed by atoms with van der Waals surface area (Å²) in [7, 11) is 1.58. The molecule has 5 heterocycles. The normalized spacial score (nSPS) is 21.7. The van der Waals surface area contributed by atoms with E-state index in [1.54, 1.807) is 13.3 Å². The first-order chi connectivity index (χ1) is 18.3. The van der Waals surface area contributed by atoms with E-state index in [1.807, 2.05) is 43.9 Å². The molecule has 0 spiro atoms. The summed E-state index contributed by atoms with van der Waals surface area (Å²) in [5.74, 6) is 1.60. The van der Waals surface area contributed by atoms with Gasteiger partial charge >= 0.3 is 6.09 Å². The molecular weight excluding hydrogens is 484 g/mol. The van der Waals surface area contributed by atoms with Crippen LogP contribution in [0, 0.1) is 0 Å². The lowest BCUT2D eigenvalue weighted by Crippen LogP contribution is -2.50. The fourth-order valence-corrected chi connectivity index (χ4v) is 5.72. The lowest BCUT2D eigenvalue weighted by molar-refractivity contribution is -0.00765. The van der Waals surface area contributed by atoms with Crippen LogP contribution in [0.1, 0.15) is 52.0 Å². The zero-order chi connectivity index (χ0) is 26.4. The second-order valence-corrected chi connectivity index (χ2v) is 11.1. The number of rotatable bonds is 4. The van der Waals surface area contributed by atoms with Crippen LogP contribution in [-0.2, 0) is 11.3 Å². The molecular formula is C29H32N4O5. The predicted molar refractivity (Wildman–Crippen MR) is 140 cm³/mol. The number of carbonyl (C=O) groups excluding carboxylic acids is 1. The Morgan fingerprint density at radius 1 is 1.00 bits per heavy atom. The quantitative estimate of drug-likeness (QED) is 0.454. The molecule has 2 fully saturated rings. The zero-order valence-corrected chi connectivity index (χ0v) is 22.1. The summed E-state index contributed by atoms with van der Waals surface area (Å²) in [4.78, 5) is 19.4. The Bertz CT molecular complexity index is 1360. The third-order valence-electron chi connectivity index (χ3n) is 7.35. The largest absolute Gasteiger partial charge is 0.480 e. The van der Waals surface area contributed by atoms with Crippen molar-refractivity contribution in [2.45, 2.75) is 76.9 Å². The van der Waals surface area contributed by atoms with Crippen molar-refractivity contribution in [2.75, 3.05) is 7.11 Å². The van der Waals surface area contributed by atoms with E-state index in [0.717, 1.165) is 53.5 Å². The number of fused-ring (bicyclic) bond motifs is 5. The number of pyridine rings is 1. The van der Waals surface area contributed by atoms with E-state index in [9.17, 15) is 4.79 Å². The highest BCUT2D eigenvalue weighted by atomic mass is 16.6. The number of hydrogen-bond acceptors (Lipinski definition) is 8. The minimum absolute atomic E-state index is 0.00105. The van der Waals surface area contributed by atoms with Crippen molar-refractivity contribution in [1.29, 1.82) is 0 Å². The molecule has 198 valence electrons. The topological polar surface area (TPSA) is 95.9 Å². The van der Waals surface area contributed by atoms with Gasteiger partial charge in [0.1, 0.15) is 18.3 Å². The van der Waals surface area contributed by atoms with E-state index in [-0.39, 0.29) is 24.3 Å². The highest BCUT2D eigenvalue weighted by Crippen LogP contribution is 2.41. The van der Waals surface area contributed by atoms with E-state index < -0.39 is 5.60 Å². The first-order valence-corrected chi connectivity index (χ1v) is 13.1. The van der Waals surface area contributed by atoms with Gasteiger partial charge in [-0.15, -0.1) is 5.10 Å². The highest BCUT2D eigenvalue weighted by molar-refractivity contribution is 5.77. The number of piperidine rings is 1. The number of methoxy groups -OCH3 is 1. The molecule has 9 nitrogen and oxygen atoms in total. The summed E-state index contributed by atoms with van der Waals surface area (Å²) in [6.45, 7) is 6.12. The molecule has 0 saturated carbocycles. The minimum Gasteiger partial charge on any atom is -0.480 e. The van der Waals surface area contributed by atoms with Gasteiger partial charge in [-0.1, -0.05) is 12.1 Å². The Labute approximate surface area is 222 Å². The van der Waals surface area contributed by atoms with Crippen molar-refractivity contribution in [1.82, 2.24) is 20.1 Å². The van der Waals surface area contributed by atoms with E-state index >= 15 is 0 Å². The van der Waals surface area contributed by atoms with Crippen molar-refractivity contribution in [3.8, 4) is 39.9 Å². The molecule has 6 rings (SSSR count). The predicted octanol–water partition coefficient (Wildman–Crippen LogP) is 5.42. The standard InChI is InChI=1S/C29H32N4O5/c1-29(2,3)38-28(34)33-20-6-7-21(33)14-22(13-20)37-25-10-9-24-23-8-5-17(11-19(23)16-36-27(24)31-25)18-12-26(35-4)32-30-15-18/h5,8-12,15,20-22H,6-7,13-14,16H2,1-4H3/t20-,21+,22?. The second kappa shape index (κ2) is 9.45. The Balaban J connectivity index is 1.16. The maximum Gasteiger partial charge on any atom is 0.410 e. The summed E-state index contributed by atoms with van der Waals surface area (Å²) in [6.07, 6.45) is 5.01. The second-order valence-electron chi connectivity index (χ2n) is 11.1. The summed E-state index contributed by atoms with van der Waals surface area (Å²) in [5.41, 5.74) is 4.55. The molecule has 2 saturated heterocycles. The van der Waals surface area contributed by atoms with Crippen molar-refractivity contribution in [3.05, 3.63) is 48.2 Å². The highest BCUT2D eigenvalue weighted by Gasteiger charge is 2.45. The van der Waals surface area contributed by atoms with Gasteiger partial charge in [0.2, 0.25) is 17.6 Å². The van der Waals surface area contributed by atoms with E-state index in [1.165, 1.54) is 0 Å². The van der Waals surface area contributed by atoms with Gasteiger partial charge in [-0.05, 0) is 62.4 Å². The summed E-state index contributed by atoms with van der Waals surface area (Å²) in [5, 5.41) is 7.97. The maximum absolute atomic E-state index is 12.8. The fourth-order valence-electron chi connectivity index (χ4n) is 5.72. The molecule has 0 N–H and O–H groups in total. The van der Waals surface area contributed by atoms with Crippen LogP contribution < -0.4 is 14.2 Å². The Morgan fingerprint density at radius 3 is 2.50 bits per heavy atom. The molecule has 3 aliphatic heterocycles. The molecule has 2 aromatic heterocycles. The number of carbonyl (C=O) groups is 1. The molecule has 38 heavy (non-hydrogen) atoms. The van der Waals surface area contributed by atoms with Crippen LogP contribution in [0.5, 0.6) is 17.6 Å². The SMILES string of the molecule is COc1cc(-c2ccc3c(c2)COc2nc(OC4C[C@H]5CC[C@@H](C4)N5C(=O)OC(C)(C)C)ccc2-3)cnn1. The van der Waals surface area contributed by atoms with Crippen LogP contribution >= 0.6 is 0 Å². The molecule has 0 aliphatic carbocycles. The Hall–Kier alpha value is -3.88. The van der Waals surface area contributed by atoms with Crippen molar-refractivity contribution >= 4 is 6.09 Å². The van der Waals surface area contributed by atoms with Gasteiger partial charge in [0, 0.05) is 48.2 Å². The van der Waals surface area contributed by atoms with Crippen LogP contribution in [0.3, 0.4) is 0 Å². The molecule has 3 aliphatic rings. The molecule has 1 amide bonds. The summed E-state index contributed by atoms with van der Waals surface area (Å²) >= 11 is 0. The van der Waals surface area contributed by atoms with Gasteiger partial charge < -0.3 is 23.8 Å². The van der Waals surface area contributed by atoms with Crippen LogP contribution in [0.15, 0.2) is 42.6 Å². The van der Waals surface area contributed by atoms with Crippen LogP contribution in [0.4, 0.5) is 4.79 Å². The van der Waals surface area contributed by atoms with Gasteiger partial charge in [0.25, 0.3) is 0 Å². The average Bonchev–Trinajstić information content (AvgIpc) is 3.17. The number of aromatic nitrogens is 3. The third-order valence-corrected chi connectivity index (χ3v) is 7.35. The van der Waals surface area contributed by atoms with E-state index in [4.69, 9.17) is 23.9 Å². The molecule has 1 unspecified atom stereocenters. The first kappa shape index (κ1) is 24.5. The minimum atomic E-state index is -0.499. The van der Waals surface area contributed by atoms with Crippen LogP contribution in [-0.4, -0.2) is 57.1 Å². The van der Waals surface area contributed by atoms with Gasteiger partial charge in [-0.3, -0.25) is 0 Å². The number of hydrogen-bond donors (Lipinski definition) is 0. The molecule has 3 aromatic rings. The first-order valence-electron chi connectivity index (χ1n) is 13.1. The van der Waals surface area contributed by atoms with Gasteiger partial charge in [0.05, 0.1) is 13.3 Å². The number of ether oxygens (including phenoxy) is 4. The Morgan fingerprint density at radius 2 is 1.76 bits per heavy atom. The van der Waals surface area contributed by atoms with Crippen molar-refractivity contribution in [3.63, 3.8) is 0 Å². The molecule has 3 atom stereocenters. The summed E-state index contributed by atoms with van der Waals surface area (Å²) < 4.78 is 23.2. The van der Waals surface area contributed by atoms with Gasteiger partial charge in [-0.2, -0.15) is 10.1 Å². The van der Waals surface area contributed by atoms with Crippen molar-refractivity contribution in [2.24, 2.45) is 0 Å². The molecule has 9 heteroatoms. The van der Waals surface area contributed by atoms with Crippen molar-refractivity contribution < 1.29 is 23.7 Å². The summed E-state index contributed by atoms with van der Waals surface area (Å²) in [6, 6.07) is 12.3. The number of amides is 1. The number of benzene rings is 1. The average molecular weight is 517 g/mol. The molecule has 1 aromatic carbocycles. The Kier molecular flexibility index (Phi) is 6.08. The zero-order valence-electron chi connectivity index (χ0n) is 22.1.